The minimum absolute atomic E-state index is 0.0666. The van der Waals surface area contributed by atoms with Crippen molar-refractivity contribution in [3.05, 3.63) is 29.8 Å². The van der Waals surface area contributed by atoms with E-state index in [2.05, 4.69) is 0 Å². The molecule has 4 nitrogen and oxygen atoms in total. The normalized spacial score (nSPS) is 12.6. The van der Waals surface area contributed by atoms with Crippen LogP contribution in [0.25, 0.3) is 0 Å². The number of hydrogen-bond donors (Lipinski definition) is 2. The highest BCUT2D eigenvalue weighted by Gasteiger charge is 2.06. The Labute approximate surface area is 94.5 Å². The van der Waals surface area contributed by atoms with Gasteiger partial charge in [0.15, 0.2) is 0 Å². The quantitative estimate of drug-likeness (QED) is 0.781. The molecule has 0 spiro atoms. The fraction of sp³-hybridized carbons (Fsp3) is 0.400. The summed E-state index contributed by atoms with van der Waals surface area (Å²) in [5.74, 6) is 0. The Hall–Kier alpha value is -0.980. The maximum Gasteiger partial charge on any atom is 0.294 e. The molecule has 0 saturated heterocycles. The van der Waals surface area contributed by atoms with Crippen LogP contribution in [0.15, 0.2) is 29.2 Å². The Morgan fingerprint density at radius 3 is 1.94 bits per heavy atom. The topological polar surface area (TPSA) is 74.6 Å². The largest absolute Gasteiger partial charge is 0.391 e. The minimum atomic E-state index is -4.02. The average molecular weight is 250 g/mol. The molecule has 0 amide bonds. The Morgan fingerprint density at radius 2 is 1.69 bits per heavy atom. The summed E-state index contributed by atoms with van der Waals surface area (Å²) in [5, 5.41) is 7.99. The molecule has 0 aromatic heterocycles. The van der Waals surface area contributed by atoms with Crippen molar-refractivity contribution in [3.63, 3.8) is 0 Å². The zero-order valence-electron chi connectivity index (χ0n) is 9.09. The lowest BCUT2D eigenvalue weighted by molar-refractivity contribution is 0.158. The average Bonchev–Trinajstić information content (AvgIpc) is 2.18. The molecule has 1 rings (SSSR count). The monoisotopic (exact) mass is 250 g/mol. The number of halogens is 1. The number of aliphatic hydroxyl groups is 1. The van der Waals surface area contributed by atoms with Crippen molar-refractivity contribution in [2.24, 2.45) is 0 Å². The molecule has 16 heavy (non-hydrogen) atoms. The predicted octanol–water partition coefficient (Wildman–Crippen LogP) is 1.58. The molecule has 2 N–H and O–H groups in total. The second kappa shape index (κ2) is 6.57. The van der Waals surface area contributed by atoms with Gasteiger partial charge in [0.2, 0.25) is 0 Å². The van der Waals surface area contributed by atoms with Crippen LogP contribution in [0.4, 0.5) is 4.39 Å². The standard InChI is InChI=1S/C7H8O3S.C3H7FO/c1-6-2-4-7(5-3-6)11(8,9)10;1-3(5)2-4/h2-5H,1H3,(H,8,9,10);3,5H,2H2,1H3. The predicted molar refractivity (Wildman–Crippen MR) is 58.6 cm³/mol. The van der Waals surface area contributed by atoms with Gasteiger partial charge in [-0.05, 0) is 26.0 Å². The maximum atomic E-state index is 10.9. The van der Waals surface area contributed by atoms with E-state index in [0.717, 1.165) is 5.56 Å². The molecular formula is C10H15FO4S. The summed E-state index contributed by atoms with van der Waals surface area (Å²) in [7, 11) is -4.02. The lowest BCUT2D eigenvalue weighted by Gasteiger charge is -1.95. The van der Waals surface area contributed by atoms with Crippen LogP contribution in [-0.4, -0.2) is 30.9 Å². The molecule has 0 fully saturated rings. The molecule has 1 aromatic carbocycles. The third kappa shape index (κ3) is 6.49. The molecule has 0 saturated carbocycles. The van der Waals surface area contributed by atoms with Crippen LogP contribution >= 0.6 is 0 Å². The van der Waals surface area contributed by atoms with Crippen molar-refractivity contribution >= 4 is 10.1 Å². The first kappa shape index (κ1) is 15.0. The van der Waals surface area contributed by atoms with Gasteiger partial charge in [-0.15, -0.1) is 0 Å². The Balaban J connectivity index is 0.000000385. The van der Waals surface area contributed by atoms with Gasteiger partial charge in [-0.2, -0.15) is 8.42 Å². The minimum Gasteiger partial charge on any atom is -0.391 e. The number of benzene rings is 1. The molecule has 1 atom stereocenters. The van der Waals surface area contributed by atoms with Gasteiger partial charge < -0.3 is 5.11 Å². The molecule has 0 aliphatic heterocycles. The Kier molecular flexibility index (Phi) is 6.17. The highest BCUT2D eigenvalue weighted by atomic mass is 32.2. The Morgan fingerprint density at radius 1 is 1.31 bits per heavy atom. The molecule has 0 radical (unpaired) electrons. The van der Waals surface area contributed by atoms with Gasteiger partial charge in [-0.25, -0.2) is 4.39 Å². The van der Waals surface area contributed by atoms with Crippen molar-refractivity contribution in [1.29, 1.82) is 0 Å². The zero-order valence-corrected chi connectivity index (χ0v) is 9.91. The van der Waals surface area contributed by atoms with Crippen molar-refractivity contribution in [1.82, 2.24) is 0 Å². The highest BCUT2D eigenvalue weighted by Crippen LogP contribution is 2.08. The first-order valence-corrected chi connectivity index (χ1v) is 5.99. The van der Waals surface area contributed by atoms with E-state index in [4.69, 9.17) is 9.66 Å². The van der Waals surface area contributed by atoms with Gasteiger partial charge in [0.25, 0.3) is 10.1 Å². The number of aryl methyl sites for hydroxylation is 1. The van der Waals surface area contributed by atoms with Crippen molar-refractivity contribution in [2.45, 2.75) is 24.8 Å². The molecule has 0 aliphatic rings. The summed E-state index contributed by atoms with van der Waals surface area (Å²) < 4.78 is 40.4. The molecular weight excluding hydrogens is 235 g/mol. The molecule has 0 heterocycles. The molecule has 6 heteroatoms. The number of hydrogen-bond acceptors (Lipinski definition) is 3. The van der Waals surface area contributed by atoms with Crippen LogP contribution in [0, 0.1) is 6.92 Å². The SMILES string of the molecule is CC(O)CF.Cc1ccc(S(=O)(=O)O)cc1. The van der Waals surface area contributed by atoms with E-state index in [0.29, 0.717) is 0 Å². The third-order valence-electron chi connectivity index (χ3n) is 1.54. The van der Waals surface area contributed by atoms with E-state index >= 15 is 0 Å². The third-order valence-corrected chi connectivity index (χ3v) is 2.41. The molecule has 1 unspecified atom stereocenters. The number of aliphatic hydroxyl groups excluding tert-OH is 1. The van der Waals surface area contributed by atoms with E-state index in [9.17, 15) is 12.8 Å². The summed E-state index contributed by atoms with van der Waals surface area (Å²) in [6.07, 6.45) is -0.782. The van der Waals surface area contributed by atoms with E-state index in [-0.39, 0.29) is 4.90 Å². The van der Waals surface area contributed by atoms with Crippen molar-refractivity contribution < 1.29 is 22.5 Å². The van der Waals surface area contributed by atoms with E-state index in [1.807, 2.05) is 6.92 Å². The van der Waals surface area contributed by atoms with E-state index in [1.165, 1.54) is 19.1 Å². The van der Waals surface area contributed by atoms with Crippen molar-refractivity contribution in [2.75, 3.05) is 6.67 Å². The van der Waals surface area contributed by atoms with Crippen LogP contribution < -0.4 is 0 Å². The summed E-state index contributed by atoms with van der Waals surface area (Å²) in [6.45, 7) is 2.60. The van der Waals surface area contributed by atoms with Gasteiger partial charge in [0, 0.05) is 0 Å². The van der Waals surface area contributed by atoms with Crippen molar-refractivity contribution in [3.8, 4) is 0 Å². The van der Waals surface area contributed by atoms with Crippen LogP contribution in [0.3, 0.4) is 0 Å². The van der Waals surface area contributed by atoms with Crippen LogP contribution in [0.2, 0.25) is 0 Å². The van der Waals surface area contributed by atoms with E-state index in [1.54, 1.807) is 12.1 Å². The molecule has 0 aliphatic carbocycles. The fourth-order valence-corrected chi connectivity index (χ4v) is 1.19. The fourth-order valence-electron chi connectivity index (χ4n) is 0.710. The molecule has 0 bridgehead atoms. The Bertz CT molecular complexity index is 397. The summed E-state index contributed by atoms with van der Waals surface area (Å²) in [4.78, 5) is -0.0666. The van der Waals surface area contributed by atoms with Crippen LogP contribution in [0.5, 0.6) is 0 Å². The van der Waals surface area contributed by atoms with Gasteiger partial charge in [-0.1, -0.05) is 17.7 Å². The summed E-state index contributed by atoms with van der Waals surface area (Å²) in [6, 6.07) is 5.99. The van der Waals surface area contributed by atoms with Crippen LogP contribution in [0.1, 0.15) is 12.5 Å². The maximum absolute atomic E-state index is 10.9. The first-order chi connectivity index (χ1) is 7.27. The van der Waals surface area contributed by atoms with Gasteiger partial charge in [-0.3, -0.25) is 4.55 Å². The first-order valence-electron chi connectivity index (χ1n) is 4.55. The number of rotatable bonds is 2. The van der Waals surface area contributed by atoms with E-state index < -0.39 is 22.9 Å². The molecule has 92 valence electrons. The van der Waals surface area contributed by atoms with Gasteiger partial charge in [0.05, 0.1) is 11.0 Å². The van der Waals surface area contributed by atoms with Gasteiger partial charge in [0.1, 0.15) is 6.67 Å². The highest BCUT2D eigenvalue weighted by molar-refractivity contribution is 7.85. The smallest absolute Gasteiger partial charge is 0.294 e. The zero-order chi connectivity index (χ0) is 12.8. The van der Waals surface area contributed by atoms with Gasteiger partial charge >= 0.3 is 0 Å². The summed E-state index contributed by atoms with van der Waals surface area (Å²) >= 11 is 0. The second-order valence-corrected chi connectivity index (χ2v) is 4.71. The lowest BCUT2D eigenvalue weighted by Crippen LogP contribution is -1.99. The summed E-state index contributed by atoms with van der Waals surface area (Å²) in [5.41, 5.74) is 0.956. The molecule has 1 aromatic rings. The van der Waals surface area contributed by atoms with Crippen LogP contribution in [-0.2, 0) is 10.1 Å². The number of alkyl halides is 1. The lowest BCUT2D eigenvalue weighted by atomic mass is 10.2. The second-order valence-electron chi connectivity index (χ2n) is 3.29.